The summed E-state index contributed by atoms with van der Waals surface area (Å²) in [7, 11) is 0. The Labute approximate surface area is 168 Å². The number of carboxylic acid groups (broad SMARTS) is 1. The molecule has 1 aromatic heterocycles. The molecule has 1 aliphatic heterocycles. The first-order chi connectivity index (χ1) is 13.9. The van der Waals surface area contributed by atoms with Crippen LogP contribution in [0.4, 0.5) is 10.1 Å². The average molecular weight is 407 g/mol. The van der Waals surface area contributed by atoms with Gasteiger partial charge in [0.2, 0.25) is 0 Å². The molecule has 0 unspecified atom stereocenters. The lowest BCUT2D eigenvalue weighted by atomic mass is 10.1. The van der Waals surface area contributed by atoms with Gasteiger partial charge in [-0.25, -0.2) is 4.39 Å². The molecule has 4 rings (SSSR count). The Bertz CT molecular complexity index is 1170. The normalized spacial score (nSPS) is 15.3. The van der Waals surface area contributed by atoms with Gasteiger partial charge < -0.3 is 14.3 Å². The molecule has 1 aliphatic rings. The summed E-state index contributed by atoms with van der Waals surface area (Å²) in [6.07, 6.45) is 1.51. The number of furan rings is 1. The van der Waals surface area contributed by atoms with Gasteiger partial charge in [0.25, 0.3) is 5.91 Å². The van der Waals surface area contributed by atoms with E-state index in [9.17, 15) is 19.1 Å². The van der Waals surface area contributed by atoms with E-state index in [0.717, 1.165) is 11.8 Å². The van der Waals surface area contributed by atoms with Crippen molar-refractivity contribution in [2.24, 2.45) is 0 Å². The van der Waals surface area contributed by atoms with Crippen molar-refractivity contribution in [3.63, 3.8) is 0 Å². The third-order valence-electron chi connectivity index (χ3n) is 4.19. The zero-order valence-corrected chi connectivity index (χ0v) is 15.5. The Balaban J connectivity index is 1.60. The second-order valence-electron chi connectivity index (χ2n) is 6.10. The van der Waals surface area contributed by atoms with E-state index in [1.54, 1.807) is 24.3 Å². The lowest BCUT2D eigenvalue weighted by Gasteiger charge is -2.13. The van der Waals surface area contributed by atoms with Crippen molar-refractivity contribution in [1.82, 2.24) is 0 Å². The summed E-state index contributed by atoms with van der Waals surface area (Å²) < 4.78 is 18.8. The van der Waals surface area contributed by atoms with Crippen LogP contribution in [0.3, 0.4) is 0 Å². The minimum atomic E-state index is -1.28. The predicted molar refractivity (Wildman–Crippen MR) is 106 cm³/mol. The van der Waals surface area contributed by atoms with Crippen molar-refractivity contribution in [2.45, 2.75) is 0 Å². The Kier molecular flexibility index (Phi) is 4.77. The third kappa shape index (κ3) is 3.70. The fourth-order valence-electron chi connectivity index (χ4n) is 2.83. The monoisotopic (exact) mass is 407 g/mol. The highest BCUT2D eigenvalue weighted by molar-refractivity contribution is 8.19. The van der Waals surface area contributed by atoms with Crippen molar-refractivity contribution >= 4 is 40.6 Å². The fraction of sp³-hybridized carbons (Fsp3) is 0. The SMILES string of the molecule is N=C1S/C(=C/c2ccc(-c3cccc(C(=O)[O-])c3)o2)C(=O)N1c1ccc(F)cc1. The van der Waals surface area contributed by atoms with E-state index in [1.165, 1.54) is 47.4 Å². The maximum Gasteiger partial charge on any atom is 0.271 e. The fourth-order valence-corrected chi connectivity index (χ4v) is 3.67. The van der Waals surface area contributed by atoms with Crippen LogP contribution < -0.4 is 10.0 Å². The first-order valence-corrected chi connectivity index (χ1v) is 9.24. The Morgan fingerprint density at radius 2 is 1.90 bits per heavy atom. The maximum absolute atomic E-state index is 13.1. The van der Waals surface area contributed by atoms with Crippen molar-refractivity contribution in [1.29, 1.82) is 5.41 Å². The minimum Gasteiger partial charge on any atom is -0.545 e. The maximum atomic E-state index is 13.1. The number of rotatable bonds is 4. The summed E-state index contributed by atoms with van der Waals surface area (Å²) in [5.74, 6) is -1.32. The van der Waals surface area contributed by atoms with Gasteiger partial charge in [0.05, 0.1) is 16.6 Å². The number of hydrogen-bond donors (Lipinski definition) is 1. The summed E-state index contributed by atoms with van der Waals surface area (Å²) in [5, 5.41) is 19.1. The molecule has 0 aliphatic carbocycles. The predicted octanol–water partition coefficient (Wildman–Crippen LogP) is 3.50. The quantitative estimate of drug-likeness (QED) is 0.668. The molecular formula is C21H12FN2O4S-. The number of benzene rings is 2. The van der Waals surface area contributed by atoms with Crippen molar-refractivity contribution in [2.75, 3.05) is 4.90 Å². The van der Waals surface area contributed by atoms with Crippen LogP contribution in [0.15, 0.2) is 70.0 Å². The van der Waals surface area contributed by atoms with Gasteiger partial charge in [-0.15, -0.1) is 0 Å². The molecule has 29 heavy (non-hydrogen) atoms. The Hall–Kier alpha value is -3.65. The van der Waals surface area contributed by atoms with Crippen LogP contribution in [0.25, 0.3) is 17.4 Å². The lowest BCUT2D eigenvalue weighted by Crippen LogP contribution is -2.28. The van der Waals surface area contributed by atoms with Gasteiger partial charge in [-0.3, -0.25) is 15.1 Å². The summed E-state index contributed by atoms with van der Waals surface area (Å²) in [6, 6.07) is 14.8. The molecule has 2 heterocycles. The molecule has 1 amide bonds. The van der Waals surface area contributed by atoms with Gasteiger partial charge in [0, 0.05) is 11.6 Å². The smallest absolute Gasteiger partial charge is 0.271 e. The van der Waals surface area contributed by atoms with E-state index >= 15 is 0 Å². The summed E-state index contributed by atoms with van der Waals surface area (Å²) in [5.41, 5.74) is 0.989. The molecule has 1 N–H and O–H groups in total. The van der Waals surface area contributed by atoms with Crippen LogP contribution in [-0.2, 0) is 4.79 Å². The Morgan fingerprint density at radius 1 is 1.14 bits per heavy atom. The zero-order chi connectivity index (χ0) is 20.5. The van der Waals surface area contributed by atoms with E-state index < -0.39 is 17.7 Å². The molecule has 1 saturated heterocycles. The molecule has 0 atom stereocenters. The van der Waals surface area contributed by atoms with Gasteiger partial charge in [-0.1, -0.05) is 18.2 Å². The molecule has 0 spiro atoms. The molecule has 1 fully saturated rings. The highest BCUT2D eigenvalue weighted by Crippen LogP contribution is 2.36. The number of nitrogens with zero attached hydrogens (tertiary/aromatic N) is 1. The van der Waals surface area contributed by atoms with E-state index in [-0.39, 0.29) is 15.6 Å². The number of anilines is 1. The molecule has 2 aromatic carbocycles. The lowest BCUT2D eigenvalue weighted by molar-refractivity contribution is -0.255. The van der Waals surface area contributed by atoms with Crippen LogP contribution in [0, 0.1) is 11.2 Å². The number of hydrogen-bond acceptors (Lipinski definition) is 6. The summed E-state index contributed by atoms with van der Waals surface area (Å²) >= 11 is 0.968. The summed E-state index contributed by atoms with van der Waals surface area (Å²) in [4.78, 5) is 25.2. The largest absolute Gasteiger partial charge is 0.545 e. The first kappa shape index (κ1) is 18.7. The van der Waals surface area contributed by atoms with Crippen LogP contribution in [0.2, 0.25) is 0 Å². The number of nitrogens with one attached hydrogen (secondary N) is 1. The molecule has 0 radical (unpaired) electrons. The highest BCUT2D eigenvalue weighted by Gasteiger charge is 2.33. The third-order valence-corrected chi connectivity index (χ3v) is 5.08. The standard InChI is InChI=1S/C21H13FN2O4S/c22-14-4-6-15(7-5-14)24-19(25)18(29-21(24)23)11-16-8-9-17(28-16)12-2-1-3-13(10-12)20(26)27/h1-11,23H,(H,26,27)/p-1/b18-11+,23-21?. The van der Waals surface area contributed by atoms with E-state index in [1.807, 2.05) is 0 Å². The number of thioether (sulfide) groups is 1. The van der Waals surface area contributed by atoms with Crippen LogP contribution in [-0.4, -0.2) is 17.0 Å². The van der Waals surface area contributed by atoms with Crippen LogP contribution in [0.5, 0.6) is 0 Å². The molecule has 0 saturated carbocycles. The van der Waals surface area contributed by atoms with Crippen LogP contribution >= 0.6 is 11.8 Å². The second kappa shape index (κ2) is 7.40. The van der Waals surface area contributed by atoms with Gasteiger partial charge in [0.15, 0.2) is 5.17 Å². The van der Waals surface area contributed by atoms with Gasteiger partial charge >= 0.3 is 0 Å². The van der Waals surface area contributed by atoms with E-state index in [0.29, 0.717) is 22.8 Å². The van der Waals surface area contributed by atoms with Crippen molar-refractivity contribution in [3.8, 4) is 11.3 Å². The molecule has 8 heteroatoms. The minimum absolute atomic E-state index is 0.00120. The molecule has 144 valence electrons. The number of carboxylic acids is 1. The van der Waals surface area contributed by atoms with Crippen molar-refractivity contribution < 1.29 is 23.5 Å². The van der Waals surface area contributed by atoms with E-state index in [2.05, 4.69) is 0 Å². The zero-order valence-electron chi connectivity index (χ0n) is 14.7. The number of amidine groups is 1. The molecule has 6 nitrogen and oxygen atoms in total. The van der Waals surface area contributed by atoms with Gasteiger partial charge in [0.1, 0.15) is 17.3 Å². The molecular weight excluding hydrogens is 395 g/mol. The van der Waals surface area contributed by atoms with Crippen LogP contribution in [0.1, 0.15) is 16.1 Å². The number of aromatic carboxylic acids is 1. The number of amides is 1. The number of carbonyl (C=O) groups is 2. The van der Waals surface area contributed by atoms with Gasteiger partial charge in [-0.2, -0.15) is 0 Å². The highest BCUT2D eigenvalue weighted by atomic mass is 32.2. The first-order valence-electron chi connectivity index (χ1n) is 8.42. The molecule has 3 aromatic rings. The summed E-state index contributed by atoms with van der Waals surface area (Å²) in [6.45, 7) is 0. The van der Waals surface area contributed by atoms with Crippen molar-refractivity contribution in [3.05, 3.63) is 82.7 Å². The molecule has 0 bridgehead atoms. The second-order valence-corrected chi connectivity index (χ2v) is 7.13. The number of carbonyl (C=O) groups excluding carboxylic acids is 2. The van der Waals surface area contributed by atoms with Gasteiger partial charge in [-0.05, 0) is 59.8 Å². The Morgan fingerprint density at radius 3 is 2.62 bits per heavy atom. The topological polar surface area (TPSA) is 97.4 Å². The van der Waals surface area contributed by atoms with E-state index in [4.69, 9.17) is 9.83 Å². The number of halogens is 1. The average Bonchev–Trinajstić information content (AvgIpc) is 3.28.